The molecule has 0 spiro atoms. The fourth-order valence-corrected chi connectivity index (χ4v) is 5.62. The summed E-state index contributed by atoms with van der Waals surface area (Å²) < 4.78 is 34.3. The first-order valence-corrected chi connectivity index (χ1v) is 14.9. The van der Waals surface area contributed by atoms with Crippen molar-refractivity contribution in [2.75, 3.05) is 13.2 Å². The number of hydrogen-bond donors (Lipinski definition) is 0. The van der Waals surface area contributed by atoms with Crippen LogP contribution in [0.4, 0.5) is 0 Å². The number of sulfonamides is 1. The van der Waals surface area contributed by atoms with E-state index in [9.17, 15) is 8.42 Å². The lowest BCUT2D eigenvalue weighted by Crippen LogP contribution is -2.40. The van der Waals surface area contributed by atoms with Gasteiger partial charge in [-0.1, -0.05) is 62.8 Å². The standard InChI is InChI=1S/C24H37NO3SSi/c1-8-9-12-22-18-21(11-10-17-28-30(6,7)24(3,4)5)19-25(22)29(26,27)23-15-13-20(2)14-16-23/h8,10-11,13-16,18,22H,1,9,12,17,19H2,2-7H3/b11-10+. The van der Waals surface area contributed by atoms with E-state index in [1.165, 1.54) is 0 Å². The second-order valence-corrected chi connectivity index (χ2v) is 16.2. The van der Waals surface area contributed by atoms with E-state index in [1.807, 2.05) is 37.3 Å². The van der Waals surface area contributed by atoms with Crippen LogP contribution in [0, 0.1) is 6.92 Å². The maximum absolute atomic E-state index is 13.3. The van der Waals surface area contributed by atoms with Crippen molar-refractivity contribution in [2.24, 2.45) is 0 Å². The second-order valence-electron chi connectivity index (χ2n) is 9.51. The summed E-state index contributed by atoms with van der Waals surface area (Å²) in [5.41, 5.74) is 2.06. The number of rotatable bonds is 9. The molecule has 0 fully saturated rings. The summed E-state index contributed by atoms with van der Waals surface area (Å²) >= 11 is 0. The normalized spacial score (nSPS) is 18.7. The summed E-state index contributed by atoms with van der Waals surface area (Å²) in [6, 6.07) is 6.91. The summed E-state index contributed by atoms with van der Waals surface area (Å²) in [4.78, 5) is 0.344. The largest absolute Gasteiger partial charge is 0.413 e. The highest BCUT2D eigenvalue weighted by molar-refractivity contribution is 7.89. The van der Waals surface area contributed by atoms with Crippen molar-refractivity contribution in [3.8, 4) is 0 Å². The van der Waals surface area contributed by atoms with Crippen molar-refractivity contribution in [3.63, 3.8) is 0 Å². The summed E-state index contributed by atoms with van der Waals surface area (Å²) in [6.45, 7) is 17.8. The van der Waals surface area contributed by atoms with Crippen LogP contribution in [0.2, 0.25) is 18.1 Å². The highest BCUT2D eigenvalue weighted by atomic mass is 32.2. The molecular weight excluding hydrogens is 410 g/mol. The van der Waals surface area contributed by atoms with Gasteiger partial charge in [0.25, 0.3) is 0 Å². The number of allylic oxidation sites excluding steroid dienone is 1. The number of aryl methyl sites for hydroxylation is 1. The molecule has 1 aromatic rings. The zero-order valence-electron chi connectivity index (χ0n) is 19.3. The van der Waals surface area contributed by atoms with Gasteiger partial charge in [0, 0.05) is 12.6 Å². The van der Waals surface area contributed by atoms with Crippen molar-refractivity contribution in [2.45, 2.75) is 69.6 Å². The molecule has 1 unspecified atom stereocenters. The Morgan fingerprint density at radius 2 is 1.87 bits per heavy atom. The Hall–Kier alpha value is -1.47. The van der Waals surface area contributed by atoms with E-state index < -0.39 is 18.3 Å². The fraction of sp³-hybridized carbons (Fsp3) is 0.500. The van der Waals surface area contributed by atoms with Crippen LogP contribution in [0.3, 0.4) is 0 Å². The molecule has 0 saturated heterocycles. The number of hydrogen-bond acceptors (Lipinski definition) is 3. The van der Waals surface area contributed by atoms with Gasteiger partial charge in [-0.2, -0.15) is 4.31 Å². The molecule has 30 heavy (non-hydrogen) atoms. The first kappa shape index (κ1) is 24.8. The Morgan fingerprint density at radius 3 is 2.43 bits per heavy atom. The predicted octanol–water partition coefficient (Wildman–Crippen LogP) is 5.84. The van der Waals surface area contributed by atoms with Crippen LogP contribution in [0.15, 0.2) is 65.6 Å². The maximum Gasteiger partial charge on any atom is 0.243 e. The average Bonchev–Trinajstić information content (AvgIpc) is 3.07. The van der Waals surface area contributed by atoms with Gasteiger partial charge in [0.1, 0.15) is 0 Å². The molecule has 6 heteroatoms. The van der Waals surface area contributed by atoms with E-state index in [1.54, 1.807) is 16.4 Å². The van der Waals surface area contributed by atoms with Crippen LogP contribution in [0.5, 0.6) is 0 Å². The van der Waals surface area contributed by atoms with Crippen molar-refractivity contribution in [3.05, 3.63) is 66.3 Å². The molecule has 1 heterocycles. The summed E-state index contributed by atoms with van der Waals surface area (Å²) in [6.07, 6.45) is 9.43. The van der Waals surface area contributed by atoms with Gasteiger partial charge < -0.3 is 4.43 Å². The third-order valence-electron chi connectivity index (χ3n) is 6.09. The molecule has 0 radical (unpaired) electrons. The maximum atomic E-state index is 13.3. The molecule has 166 valence electrons. The minimum Gasteiger partial charge on any atom is -0.413 e. The number of nitrogens with zero attached hydrogens (tertiary/aromatic N) is 1. The van der Waals surface area contributed by atoms with Crippen LogP contribution >= 0.6 is 0 Å². The van der Waals surface area contributed by atoms with Crippen molar-refractivity contribution >= 4 is 18.3 Å². The summed E-state index contributed by atoms with van der Waals surface area (Å²) in [5.74, 6) is 0. The molecule has 0 aliphatic carbocycles. The first-order valence-electron chi connectivity index (χ1n) is 10.6. The predicted molar refractivity (Wildman–Crippen MR) is 129 cm³/mol. The zero-order valence-corrected chi connectivity index (χ0v) is 21.1. The second kappa shape index (κ2) is 9.77. The van der Waals surface area contributed by atoms with Crippen molar-refractivity contribution in [1.29, 1.82) is 0 Å². The van der Waals surface area contributed by atoms with Crippen LogP contribution in [-0.4, -0.2) is 40.2 Å². The molecule has 0 amide bonds. The van der Waals surface area contributed by atoms with E-state index >= 15 is 0 Å². The molecule has 1 atom stereocenters. The van der Waals surface area contributed by atoms with Gasteiger partial charge >= 0.3 is 0 Å². The van der Waals surface area contributed by atoms with E-state index in [2.05, 4.69) is 46.5 Å². The van der Waals surface area contributed by atoms with E-state index in [4.69, 9.17) is 4.43 Å². The molecule has 1 aliphatic heterocycles. The lowest BCUT2D eigenvalue weighted by atomic mass is 10.1. The van der Waals surface area contributed by atoms with E-state index in [0.29, 0.717) is 18.0 Å². The van der Waals surface area contributed by atoms with Gasteiger partial charge in [-0.25, -0.2) is 8.42 Å². The fourth-order valence-electron chi connectivity index (χ4n) is 3.09. The zero-order chi connectivity index (χ0) is 22.6. The first-order chi connectivity index (χ1) is 13.9. The molecule has 1 aromatic carbocycles. The third-order valence-corrected chi connectivity index (χ3v) is 12.5. The SMILES string of the molecule is C=CCCC1C=C(/C=C/CO[Si](C)(C)C(C)(C)C)CN1S(=O)(=O)c1ccc(C)cc1. The smallest absolute Gasteiger partial charge is 0.243 e. The molecule has 1 aliphatic rings. The molecule has 0 N–H and O–H groups in total. The molecule has 4 nitrogen and oxygen atoms in total. The minimum atomic E-state index is -3.55. The van der Waals surface area contributed by atoms with Gasteiger partial charge in [0.15, 0.2) is 8.32 Å². The average molecular weight is 448 g/mol. The van der Waals surface area contributed by atoms with Crippen LogP contribution in [0.25, 0.3) is 0 Å². The third kappa shape index (κ3) is 6.03. The topological polar surface area (TPSA) is 46.6 Å². The van der Waals surface area contributed by atoms with Crippen LogP contribution in [0.1, 0.15) is 39.2 Å². The Labute approximate surface area is 184 Å². The Kier molecular flexibility index (Phi) is 8.07. The van der Waals surface area contributed by atoms with Gasteiger partial charge in [0.05, 0.1) is 11.5 Å². The monoisotopic (exact) mass is 447 g/mol. The Bertz CT molecular complexity index is 893. The summed E-state index contributed by atoms with van der Waals surface area (Å²) in [7, 11) is -5.35. The molecule has 0 aromatic heterocycles. The summed E-state index contributed by atoms with van der Waals surface area (Å²) in [5, 5.41) is 0.169. The lowest BCUT2D eigenvalue weighted by Gasteiger charge is -2.35. The quantitative estimate of drug-likeness (QED) is 0.353. The van der Waals surface area contributed by atoms with Crippen LogP contribution in [-0.2, 0) is 14.4 Å². The number of benzene rings is 1. The molecule has 0 bridgehead atoms. The van der Waals surface area contributed by atoms with Crippen molar-refractivity contribution in [1.82, 2.24) is 4.31 Å². The van der Waals surface area contributed by atoms with Crippen LogP contribution < -0.4 is 0 Å². The van der Waals surface area contributed by atoms with Gasteiger partial charge in [-0.05, 0) is 55.6 Å². The van der Waals surface area contributed by atoms with E-state index in [0.717, 1.165) is 24.0 Å². The highest BCUT2D eigenvalue weighted by Crippen LogP contribution is 2.36. The Balaban J connectivity index is 2.13. The van der Waals surface area contributed by atoms with Crippen molar-refractivity contribution < 1.29 is 12.8 Å². The molecule has 2 rings (SSSR count). The van der Waals surface area contributed by atoms with Gasteiger partial charge in [0.2, 0.25) is 10.0 Å². The molecule has 0 saturated carbocycles. The minimum absolute atomic E-state index is 0.157. The van der Waals surface area contributed by atoms with E-state index in [-0.39, 0.29) is 11.1 Å². The molecular formula is C24H37NO3SSi. The lowest BCUT2D eigenvalue weighted by molar-refractivity contribution is 0.328. The van der Waals surface area contributed by atoms with Gasteiger partial charge in [-0.3, -0.25) is 0 Å². The van der Waals surface area contributed by atoms with Gasteiger partial charge in [-0.15, -0.1) is 6.58 Å². The highest BCUT2D eigenvalue weighted by Gasteiger charge is 2.37. The Morgan fingerprint density at radius 1 is 1.23 bits per heavy atom.